The Morgan fingerprint density at radius 3 is 2.06 bits per heavy atom. The van der Waals surface area contributed by atoms with Crippen LogP contribution in [0.4, 0.5) is 11.4 Å². The molecule has 0 aliphatic heterocycles. The van der Waals surface area contributed by atoms with Gasteiger partial charge in [-0.25, -0.2) is 0 Å². The van der Waals surface area contributed by atoms with Gasteiger partial charge in [-0.3, -0.25) is 9.59 Å². The molecule has 0 aliphatic rings. The average Bonchev–Trinajstić information content (AvgIpc) is 2.81. The first-order valence-corrected chi connectivity index (χ1v) is 10.9. The highest BCUT2D eigenvalue weighted by Gasteiger charge is 2.12. The van der Waals surface area contributed by atoms with E-state index in [1.807, 2.05) is 50.2 Å². The third kappa shape index (κ3) is 5.55. The second-order valence-corrected chi connectivity index (χ2v) is 7.72. The van der Waals surface area contributed by atoms with Crippen LogP contribution in [0.2, 0.25) is 0 Å². The zero-order chi connectivity index (χ0) is 23.1. The molecule has 166 valence electrons. The Kier molecular flexibility index (Phi) is 7.66. The Balaban J connectivity index is 1.59. The molecule has 3 rings (SSSR count). The molecule has 0 aromatic heterocycles. The molecule has 0 bridgehead atoms. The highest BCUT2D eigenvalue weighted by Crippen LogP contribution is 2.23. The van der Waals surface area contributed by atoms with E-state index < -0.39 is 0 Å². The quantitative estimate of drug-likeness (QED) is 0.482. The summed E-state index contributed by atoms with van der Waals surface area (Å²) in [6.45, 7) is 8.03. The molecular formula is C27H30N2O3. The molecule has 0 atom stereocenters. The number of nitrogens with one attached hydrogen (secondary N) is 2. The van der Waals surface area contributed by atoms with Gasteiger partial charge in [0.25, 0.3) is 11.8 Å². The van der Waals surface area contributed by atoms with E-state index >= 15 is 0 Å². The number of carbonyl (C=O) groups excluding carboxylic acids is 2. The number of benzene rings is 3. The van der Waals surface area contributed by atoms with Crippen LogP contribution in [-0.2, 0) is 17.6 Å². The van der Waals surface area contributed by atoms with Crippen LogP contribution >= 0.6 is 0 Å². The van der Waals surface area contributed by atoms with Crippen molar-refractivity contribution >= 4 is 23.2 Å². The molecule has 2 N–H and O–H groups in total. The summed E-state index contributed by atoms with van der Waals surface area (Å²) in [6.07, 6.45) is 1.69. The summed E-state index contributed by atoms with van der Waals surface area (Å²) in [5.41, 5.74) is 6.58. The predicted molar refractivity (Wildman–Crippen MR) is 130 cm³/mol. The lowest BCUT2D eigenvalue weighted by Gasteiger charge is -2.15. The predicted octanol–water partition coefficient (Wildman–Crippen LogP) is 5.70. The van der Waals surface area contributed by atoms with Crippen LogP contribution in [-0.4, -0.2) is 18.4 Å². The van der Waals surface area contributed by atoms with Crippen LogP contribution in [0, 0.1) is 13.8 Å². The van der Waals surface area contributed by atoms with Gasteiger partial charge in [-0.1, -0.05) is 44.2 Å². The van der Waals surface area contributed by atoms with E-state index in [1.165, 1.54) is 0 Å². The van der Waals surface area contributed by atoms with Crippen LogP contribution < -0.4 is 15.4 Å². The monoisotopic (exact) mass is 430 g/mol. The highest BCUT2D eigenvalue weighted by molar-refractivity contribution is 6.04. The van der Waals surface area contributed by atoms with Gasteiger partial charge in [0, 0.05) is 16.9 Å². The number of amides is 2. The number of aryl methyl sites for hydroxylation is 3. The van der Waals surface area contributed by atoms with Gasteiger partial charge in [-0.2, -0.15) is 0 Å². The minimum Gasteiger partial charge on any atom is -0.484 e. The average molecular weight is 431 g/mol. The third-order valence-electron chi connectivity index (χ3n) is 5.60. The molecule has 0 aliphatic carbocycles. The number of hydrogen-bond acceptors (Lipinski definition) is 3. The SMILES string of the molecule is CCc1cccc(CC)c1NC(=O)COc1ccc(C(=O)Nc2cccc(C)c2C)cc1. The first kappa shape index (κ1) is 23.1. The van der Waals surface area contributed by atoms with E-state index in [0.717, 1.165) is 46.5 Å². The van der Waals surface area contributed by atoms with E-state index in [0.29, 0.717) is 11.3 Å². The largest absolute Gasteiger partial charge is 0.484 e. The number of hydrogen-bond donors (Lipinski definition) is 2. The van der Waals surface area contributed by atoms with Crippen molar-refractivity contribution in [1.82, 2.24) is 0 Å². The Bertz CT molecular complexity index is 1080. The van der Waals surface area contributed by atoms with Gasteiger partial charge < -0.3 is 15.4 Å². The van der Waals surface area contributed by atoms with Gasteiger partial charge in [0.1, 0.15) is 5.75 Å². The molecular weight excluding hydrogens is 400 g/mol. The molecule has 2 amide bonds. The van der Waals surface area contributed by atoms with Crippen molar-refractivity contribution in [3.63, 3.8) is 0 Å². The van der Waals surface area contributed by atoms with Gasteiger partial charge in [-0.15, -0.1) is 0 Å². The number of anilines is 2. The highest BCUT2D eigenvalue weighted by atomic mass is 16.5. The van der Waals surface area contributed by atoms with Gasteiger partial charge in [-0.05, 0) is 79.3 Å². The fourth-order valence-electron chi connectivity index (χ4n) is 3.51. The van der Waals surface area contributed by atoms with Crippen LogP contribution in [0.5, 0.6) is 5.75 Å². The van der Waals surface area contributed by atoms with Gasteiger partial charge in [0.2, 0.25) is 0 Å². The van der Waals surface area contributed by atoms with E-state index in [-0.39, 0.29) is 18.4 Å². The number of rotatable bonds is 8. The summed E-state index contributed by atoms with van der Waals surface area (Å²) >= 11 is 0. The standard InChI is InChI=1S/C27H30N2O3/c1-5-20-10-8-11-21(6-2)26(20)29-25(30)17-32-23-15-13-22(14-16-23)27(31)28-24-12-7-9-18(3)19(24)4/h7-16H,5-6,17H2,1-4H3,(H,28,31)(H,29,30). The molecule has 0 spiro atoms. The molecule has 0 saturated heterocycles. The number of ether oxygens (including phenoxy) is 1. The molecule has 5 heteroatoms. The van der Waals surface area contributed by atoms with Crippen LogP contribution in [0.15, 0.2) is 60.7 Å². The Labute approximate surface area is 189 Å². The third-order valence-corrected chi connectivity index (χ3v) is 5.60. The molecule has 0 heterocycles. The van der Waals surface area contributed by atoms with E-state index in [1.54, 1.807) is 24.3 Å². The molecule has 0 saturated carbocycles. The van der Waals surface area contributed by atoms with Crippen LogP contribution in [0.25, 0.3) is 0 Å². The molecule has 3 aromatic carbocycles. The van der Waals surface area contributed by atoms with Crippen molar-refractivity contribution < 1.29 is 14.3 Å². The summed E-state index contributed by atoms with van der Waals surface area (Å²) in [5, 5.41) is 5.93. The maximum atomic E-state index is 12.6. The maximum Gasteiger partial charge on any atom is 0.262 e. The normalized spacial score (nSPS) is 10.5. The number of carbonyl (C=O) groups is 2. The zero-order valence-corrected chi connectivity index (χ0v) is 19.1. The maximum absolute atomic E-state index is 12.6. The van der Waals surface area contributed by atoms with Crippen LogP contribution in [0.3, 0.4) is 0 Å². The van der Waals surface area contributed by atoms with E-state index in [4.69, 9.17) is 4.74 Å². The molecule has 5 nitrogen and oxygen atoms in total. The Morgan fingerprint density at radius 1 is 0.812 bits per heavy atom. The molecule has 32 heavy (non-hydrogen) atoms. The van der Waals surface area contributed by atoms with Gasteiger partial charge in [0.05, 0.1) is 0 Å². The molecule has 0 unspecified atom stereocenters. The Morgan fingerprint density at radius 2 is 1.44 bits per heavy atom. The Hall–Kier alpha value is -3.60. The van der Waals surface area contributed by atoms with Gasteiger partial charge in [0.15, 0.2) is 6.61 Å². The van der Waals surface area contributed by atoms with E-state index in [2.05, 4.69) is 24.5 Å². The van der Waals surface area contributed by atoms with Crippen molar-refractivity contribution in [2.75, 3.05) is 17.2 Å². The molecule has 3 aromatic rings. The first-order valence-electron chi connectivity index (χ1n) is 10.9. The minimum atomic E-state index is -0.211. The van der Waals surface area contributed by atoms with Crippen molar-refractivity contribution in [1.29, 1.82) is 0 Å². The summed E-state index contributed by atoms with van der Waals surface area (Å²) < 4.78 is 5.63. The molecule has 0 fully saturated rings. The van der Waals surface area contributed by atoms with Crippen molar-refractivity contribution in [3.05, 3.63) is 88.5 Å². The zero-order valence-electron chi connectivity index (χ0n) is 19.1. The summed E-state index contributed by atoms with van der Waals surface area (Å²) in [4.78, 5) is 25.0. The topological polar surface area (TPSA) is 67.4 Å². The lowest BCUT2D eigenvalue weighted by molar-refractivity contribution is -0.118. The van der Waals surface area contributed by atoms with Crippen LogP contribution in [0.1, 0.15) is 46.5 Å². The van der Waals surface area contributed by atoms with Gasteiger partial charge >= 0.3 is 0 Å². The summed E-state index contributed by atoms with van der Waals surface area (Å²) in [7, 11) is 0. The van der Waals surface area contributed by atoms with Crippen molar-refractivity contribution in [3.8, 4) is 5.75 Å². The van der Waals surface area contributed by atoms with Crippen molar-refractivity contribution in [2.24, 2.45) is 0 Å². The van der Waals surface area contributed by atoms with Crippen molar-refractivity contribution in [2.45, 2.75) is 40.5 Å². The van der Waals surface area contributed by atoms with E-state index in [9.17, 15) is 9.59 Å². The molecule has 0 radical (unpaired) electrons. The smallest absolute Gasteiger partial charge is 0.262 e. The fourth-order valence-corrected chi connectivity index (χ4v) is 3.51. The summed E-state index contributed by atoms with van der Waals surface area (Å²) in [5.74, 6) is 0.131. The summed E-state index contributed by atoms with van der Waals surface area (Å²) in [6, 6.07) is 18.7. The lowest BCUT2D eigenvalue weighted by atomic mass is 10.0. The fraction of sp³-hybridized carbons (Fsp3) is 0.259. The first-order chi connectivity index (χ1) is 15.4. The minimum absolute atomic E-state index is 0.102. The lowest BCUT2D eigenvalue weighted by Crippen LogP contribution is -2.21. The second-order valence-electron chi connectivity index (χ2n) is 7.72. The number of para-hydroxylation sites is 1. The second kappa shape index (κ2) is 10.6.